The van der Waals surface area contributed by atoms with Gasteiger partial charge in [-0.15, -0.1) is 11.8 Å². The van der Waals surface area contributed by atoms with Gasteiger partial charge in [0, 0.05) is 44.2 Å². The van der Waals surface area contributed by atoms with Crippen molar-refractivity contribution in [3.05, 3.63) is 29.3 Å². The van der Waals surface area contributed by atoms with E-state index in [1.54, 1.807) is 11.8 Å². The van der Waals surface area contributed by atoms with E-state index in [1.807, 2.05) is 0 Å². The number of hydrogen-bond acceptors (Lipinski definition) is 4. The van der Waals surface area contributed by atoms with E-state index in [9.17, 15) is 0 Å². The Bertz CT molecular complexity index is 597. The number of thioether (sulfide) groups is 1. The number of piperazine rings is 1. The van der Waals surface area contributed by atoms with Gasteiger partial charge in [0.05, 0.1) is 6.54 Å². The quantitative estimate of drug-likeness (QED) is 0.271. The Morgan fingerprint density at radius 2 is 1.82 bits per heavy atom. The van der Waals surface area contributed by atoms with Crippen molar-refractivity contribution in [3.63, 3.8) is 0 Å². The number of unbranched alkanes of at least 4 members (excludes halogenated alkanes) is 1. The number of aryl methyl sites for hydroxylation is 1. The topological polar surface area (TPSA) is 42.9 Å². The predicted octanol–water partition coefficient (Wildman–Crippen LogP) is 3.19. The van der Waals surface area contributed by atoms with E-state index in [2.05, 4.69) is 65.7 Å². The molecule has 1 fully saturated rings. The second-order valence-electron chi connectivity index (χ2n) is 7.42. The van der Waals surface area contributed by atoms with Crippen molar-refractivity contribution in [2.24, 2.45) is 4.99 Å². The highest BCUT2D eigenvalue weighted by Gasteiger charge is 2.14. The van der Waals surface area contributed by atoms with Crippen LogP contribution in [-0.2, 0) is 6.54 Å². The van der Waals surface area contributed by atoms with Gasteiger partial charge in [-0.05, 0) is 63.2 Å². The smallest absolute Gasteiger partial charge is 0.191 e. The molecule has 1 aliphatic rings. The standard InChI is InChI=1S/C22H39N5S/c1-5-23-22(25-18-20-10-9-19(3)17-21(20)28-4)24-11-7-8-12-27-15-13-26(6-2)14-16-27/h9-10,17H,5-8,11-16,18H2,1-4H3,(H2,23,24,25). The fraction of sp³-hybridized carbons (Fsp3) is 0.682. The normalized spacial score (nSPS) is 16.4. The van der Waals surface area contributed by atoms with Gasteiger partial charge in [-0.1, -0.05) is 19.1 Å². The van der Waals surface area contributed by atoms with Crippen LogP contribution in [0.25, 0.3) is 0 Å². The maximum absolute atomic E-state index is 4.79. The molecule has 5 nitrogen and oxygen atoms in total. The number of benzene rings is 1. The van der Waals surface area contributed by atoms with Gasteiger partial charge >= 0.3 is 0 Å². The zero-order chi connectivity index (χ0) is 20.2. The lowest BCUT2D eigenvalue weighted by molar-refractivity contribution is 0.136. The molecule has 6 heteroatoms. The lowest BCUT2D eigenvalue weighted by atomic mass is 10.1. The SMILES string of the molecule is CCNC(=NCc1ccc(C)cc1SC)NCCCCN1CCN(CC)CC1. The predicted molar refractivity (Wildman–Crippen MR) is 124 cm³/mol. The minimum absolute atomic E-state index is 0.716. The maximum Gasteiger partial charge on any atom is 0.191 e. The van der Waals surface area contributed by atoms with Crippen LogP contribution in [0.5, 0.6) is 0 Å². The largest absolute Gasteiger partial charge is 0.357 e. The minimum Gasteiger partial charge on any atom is -0.357 e. The molecule has 0 unspecified atom stereocenters. The number of likely N-dealkylation sites (N-methyl/N-ethyl adjacent to an activating group) is 1. The molecule has 0 radical (unpaired) electrons. The van der Waals surface area contributed by atoms with Gasteiger partial charge < -0.3 is 20.4 Å². The van der Waals surface area contributed by atoms with Crippen LogP contribution in [0.15, 0.2) is 28.1 Å². The van der Waals surface area contributed by atoms with Crippen LogP contribution < -0.4 is 10.6 Å². The monoisotopic (exact) mass is 405 g/mol. The number of aliphatic imine (C=N–C) groups is 1. The van der Waals surface area contributed by atoms with Crippen molar-refractivity contribution in [1.29, 1.82) is 0 Å². The van der Waals surface area contributed by atoms with E-state index in [0.717, 1.165) is 19.0 Å². The van der Waals surface area contributed by atoms with E-state index >= 15 is 0 Å². The fourth-order valence-electron chi connectivity index (χ4n) is 3.48. The van der Waals surface area contributed by atoms with Crippen LogP contribution in [0, 0.1) is 6.92 Å². The third-order valence-electron chi connectivity index (χ3n) is 5.30. The molecule has 1 saturated heterocycles. The summed E-state index contributed by atoms with van der Waals surface area (Å²) in [7, 11) is 0. The summed E-state index contributed by atoms with van der Waals surface area (Å²) in [6.45, 7) is 16.4. The van der Waals surface area contributed by atoms with Crippen molar-refractivity contribution in [2.45, 2.75) is 45.1 Å². The summed E-state index contributed by atoms with van der Waals surface area (Å²) in [6, 6.07) is 6.62. The van der Waals surface area contributed by atoms with Crippen LogP contribution in [0.1, 0.15) is 37.8 Å². The number of guanidine groups is 1. The lowest BCUT2D eigenvalue weighted by Crippen LogP contribution is -2.46. The number of rotatable bonds is 10. The highest BCUT2D eigenvalue weighted by atomic mass is 32.2. The fourth-order valence-corrected chi connectivity index (χ4v) is 4.18. The molecule has 0 saturated carbocycles. The number of nitrogens with zero attached hydrogens (tertiary/aromatic N) is 3. The highest BCUT2D eigenvalue weighted by Crippen LogP contribution is 2.22. The summed E-state index contributed by atoms with van der Waals surface area (Å²) in [4.78, 5) is 11.3. The molecular weight excluding hydrogens is 366 g/mol. The van der Waals surface area contributed by atoms with Crippen molar-refractivity contribution in [2.75, 3.05) is 58.6 Å². The molecule has 2 rings (SSSR count). The molecule has 2 N–H and O–H groups in total. The van der Waals surface area contributed by atoms with Crippen molar-refractivity contribution >= 4 is 17.7 Å². The highest BCUT2D eigenvalue weighted by molar-refractivity contribution is 7.98. The summed E-state index contributed by atoms with van der Waals surface area (Å²) in [5, 5.41) is 6.87. The Morgan fingerprint density at radius 1 is 1.07 bits per heavy atom. The number of hydrogen-bond donors (Lipinski definition) is 2. The molecule has 28 heavy (non-hydrogen) atoms. The first-order valence-corrected chi connectivity index (χ1v) is 12.0. The Hall–Kier alpha value is -1.24. The second-order valence-corrected chi connectivity index (χ2v) is 8.27. The zero-order valence-corrected chi connectivity index (χ0v) is 19.1. The summed E-state index contributed by atoms with van der Waals surface area (Å²) in [5.41, 5.74) is 2.60. The molecule has 0 aromatic heterocycles. The van der Waals surface area contributed by atoms with E-state index in [4.69, 9.17) is 4.99 Å². The molecule has 0 spiro atoms. The first-order valence-electron chi connectivity index (χ1n) is 10.8. The average Bonchev–Trinajstić information content (AvgIpc) is 2.72. The van der Waals surface area contributed by atoms with Gasteiger partial charge in [0.1, 0.15) is 0 Å². The van der Waals surface area contributed by atoms with Crippen LogP contribution in [0.2, 0.25) is 0 Å². The van der Waals surface area contributed by atoms with E-state index in [0.29, 0.717) is 6.54 Å². The van der Waals surface area contributed by atoms with Gasteiger partial charge in [-0.3, -0.25) is 0 Å². The lowest BCUT2D eigenvalue weighted by Gasteiger charge is -2.34. The van der Waals surface area contributed by atoms with Crippen LogP contribution >= 0.6 is 11.8 Å². The van der Waals surface area contributed by atoms with Crippen LogP contribution in [-0.4, -0.2) is 74.4 Å². The zero-order valence-electron chi connectivity index (χ0n) is 18.3. The van der Waals surface area contributed by atoms with Crippen molar-refractivity contribution < 1.29 is 0 Å². The first-order chi connectivity index (χ1) is 13.7. The van der Waals surface area contributed by atoms with Gasteiger partial charge in [0.2, 0.25) is 0 Å². The Balaban J connectivity index is 1.71. The summed E-state index contributed by atoms with van der Waals surface area (Å²) in [6.07, 6.45) is 4.56. The van der Waals surface area contributed by atoms with E-state index in [-0.39, 0.29) is 0 Å². The summed E-state index contributed by atoms with van der Waals surface area (Å²) in [5.74, 6) is 0.923. The Morgan fingerprint density at radius 3 is 2.50 bits per heavy atom. The first kappa shape index (κ1) is 23.0. The number of nitrogens with one attached hydrogen (secondary N) is 2. The average molecular weight is 406 g/mol. The molecule has 1 aromatic rings. The molecule has 0 aliphatic carbocycles. The molecule has 0 atom stereocenters. The van der Waals surface area contributed by atoms with Gasteiger partial charge in [0.15, 0.2) is 5.96 Å². The minimum atomic E-state index is 0.716. The molecule has 1 heterocycles. The molecule has 1 aromatic carbocycles. The van der Waals surface area contributed by atoms with Crippen LogP contribution in [0.4, 0.5) is 0 Å². The maximum atomic E-state index is 4.79. The third kappa shape index (κ3) is 8.02. The van der Waals surface area contributed by atoms with E-state index < -0.39 is 0 Å². The molecule has 158 valence electrons. The van der Waals surface area contributed by atoms with Gasteiger partial charge in [-0.25, -0.2) is 4.99 Å². The Kier molecular flexibility index (Phi) is 10.8. The van der Waals surface area contributed by atoms with Gasteiger partial charge in [-0.2, -0.15) is 0 Å². The third-order valence-corrected chi connectivity index (χ3v) is 6.12. The second kappa shape index (κ2) is 13.1. The molecule has 0 bridgehead atoms. The van der Waals surface area contributed by atoms with Crippen molar-refractivity contribution in [1.82, 2.24) is 20.4 Å². The van der Waals surface area contributed by atoms with E-state index in [1.165, 1.54) is 68.1 Å². The van der Waals surface area contributed by atoms with Gasteiger partial charge in [0.25, 0.3) is 0 Å². The molecule has 0 amide bonds. The summed E-state index contributed by atoms with van der Waals surface area (Å²) < 4.78 is 0. The molecular formula is C22H39N5S. The molecule has 1 aliphatic heterocycles. The van der Waals surface area contributed by atoms with Crippen LogP contribution in [0.3, 0.4) is 0 Å². The summed E-state index contributed by atoms with van der Waals surface area (Å²) >= 11 is 1.80. The Labute approximate surface area is 176 Å². The van der Waals surface area contributed by atoms with Crippen molar-refractivity contribution in [3.8, 4) is 0 Å².